The van der Waals surface area contributed by atoms with Gasteiger partial charge in [0.1, 0.15) is 0 Å². The quantitative estimate of drug-likeness (QED) is 0.276. The topological polar surface area (TPSA) is 91.3 Å². The third-order valence-corrected chi connectivity index (χ3v) is 8.48. The molecule has 0 bridgehead atoms. The minimum atomic E-state index is -2.01. The highest BCUT2D eigenvalue weighted by molar-refractivity contribution is 6.76. The van der Waals surface area contributed by atoms with Gasteiger partial charge in [0, 0.05) is 37.7 Å². The van der Waals surface area contributed by atoms with Crippen molar-refractivity contribution in [1.29, 1.82) is 0 Å². The number of hydrogen-bond donors (Lipinski definition) is 3. The predicted octanol–water partition coefficient (Wildman–Crippen LogP) is 5.69. The number of benzene rings is 3. The number of carbonyl (C=O) groups excluding carboxylic acids is 1. The molecule has 0 aliphatic carbocycles. The van der Waals surface area contributed by atoms with Gasteiger partial charge in [0.25, 0.3) is 9.70 Å². The van der Waals surface area contributed by atoms with Crippen molar-refractivity contribution in [2.75, 3.05) is 19.6 Å². The number of aliphatic hydroxyl groups is 2. The van der Waals surface area contributed by atoms with E-state index in [9.17, 15) is 15.0 Å². The number of rotatable bonds is 8. The van der Waals surface area contributed by atoms with Crippen LogP contribution in [0.5, 0.6) is 0 Å². The summed E-state index contributed by atoms with van der Waals surface area (Å²) in [4.78, 5) is 14.2. The lowest BCUT2D eigenvalue weighted by atomic mass is 9.90. The summed E-state index contributed by atoms with van der Waals surface area (Å²) in [6.07, 6.45) is -0.396. The fourth-order valence-corrected chi connectivity index (χ4v) is 5.74. The van der Waals surface area contributed by atoms with Crippen LogP contribution in [0.1, 0.15) is 48.0 Å². The molecule has 0 aromatic heterocycles. The molecule has 10 heteroatoms. The fraction of sp³-hybridized carbons (Fsp3) is 0.406. The van der Waals surface area contributed by atoms with Gasteiger partial charge in [-0.1, -0.05) is 108 Å². The van der Waals surface area contributed by atoms with E-state index in [1.54, 1.807) is 0 Å². The van der Waals surface area contributed by atoms with Crippen LogP contribution in [0.4, 0.5) is 0 Å². The van der Waals surface area contributed by atoms with Gasteiger partial charge in [-0.25, -0.2) is 0 Å². The number of likely N-dealkylation sites (tertiary alicyclic amines) is 1. The van der Waals surface area contributed by atoms with Crippen LogP contribution in [0.25, 0.3) is 11.1 Å². The molecule has 3 N–H and O–H groups in total. The summed E-state index contributed by atoms with van der Waals surface area (Å²) in [5.74, 6) is -0.603. The average molecular weight is 634 g/mol. The normalized spacial score (nSPS) is 25.0. The number of nitrogens with zero attached hydrogens (tertiary/aromatic N) is 1. The molecule has 224 valence electrons. The Labute approximate surface area is 261 Å². The van der Waals surface area contributed by atoms with Crippen molar-refractivity contribution in [2.24, 2.45) is 5.92 Å². The Balaban J connectivity index is 1.33. The summed E-state index contributed by atoms with van der Waals surface area (Å²) in [7, 11) is 0. The summed E-state index contributed by atoms with van der Waals surface area (Å²) >= 11 is 17.0. The molecule has 7 nitrogen and oxygen atoms in total. The molecule has 0 saturated carbocycles. The number of ether oxygens (including phenoxy) is 2. The number of hydrogen-bond acceptors (Lipinski definition) is 6. The number of halogens is 3. The first-order chi connectivity index (χ1) is 20.1. The van der Waals surface area contributed by atoms with Crippen LogP contribution in [-0.2, 0) is 27.4 Å². The molecule has 42 heavy (non-hydrogen) atoms. The Morgan fingerprint density at radius 3 is 2.33 bits per heavy atom. The minimum absolute atomic E-state index is 0.00808. The standard InChI is InChI=1S/C32H35Cl3N2O5/c1-20-28(18-37-14-13-27(39)17-37)41-30(42-29(20)24-7-5-21(19-38)6-8-24)25-11-9-23(10-12-25)26-4-2-3-22(15-26)16-36-31(40)32(33,34)35/h2-12,15,20,27-30,38-39H,13-14,16-19H2,1H3,(H,36,40)/t20-,27+,28+,29+,30+/m1/s1. The second kappa shape index (κ2) is 13.6. The highest BCUT2D eigenvalue weighted by atomic mass is 35.6. The van der Waals surface area contributed by atoms with Gasteiger partial charge in [0.2, 0.25) is 0 Å². The highest BCUT2D eigenvalue weighted by Gasteiger charge is 2.40. The molecule has 2 heterocycles. The number of carbonyl (C=O) groups is 1. The Morgan fingerprint density at radius 1 is 0.976 bits per heavy atom. The molecule has 5 rings (SSSR count). The fourth-order valence-electron chi connectivity index (χ4n) is 5.54. The predicted molar refractivity (Wildman–Crippen MR) is 164 cm³/mol. The number of nitrogens with one attached hydrogen (secondary N) is 1. The molecular formula is C32H35Cl3N2O5. The second-order valence-electron chi connectivity index (χ2n) is 11.0. The second-order valence-corrected chi connectivity index (χ2v) is 13.3. The first-order valence-electron chi connectivity index (χ1n) is 14.1. The molecule has 0 unspecified atom stereocenters. The number of amides is 1. The Morgan fingerprint density at radius 2 is 1.69 bits per heavy atom. The SMILES string of the molecule is C[C@@H]1[C@H](CN2CC[C@H](O)C2)O[C@H](c2ccc(-c3cccc(CNC(=O)C(Cl)(Cl)Cl)c3)cc2)O[C@@H]1c1ccc(CO)cc1. The van der Waals surface area contributed by atoms with E-state index in [1.807, 2.05) is 72.8 Å². The van der Waals surface area contributed by atoms with Gasteiger partial charge >= 0.3 is 0 Å². The van der Waals surface area contributed by atoms with Crippen LogP contribution in [-0.4, -0.2) is 56.7 Å². The molecule has 1 amide bonds. The largest absolute Gasteiger partial charge is 0.392 e. The van der Waals surface area contributed by atoms with E-state index in [1.165, 1.54) is 0 Å². The van der Waals surface area contributed by atoms with Crippen molar-refractivity contribution in [3.8, 4) is 11.1 Å². The molecule has 2 saturated heterocycles. The molecule has 5 atom stereocenters. The Kier molecular flexibility index (Phi) is 10.1. The smallest absolute Gasteiger partial charge is 0.272 e. The minimum Gasteiger partial charge on any atom is -0.392 e. The summed E-state index contributed by atoms with van der Waals surface area (Å²) < 4.78 is 11.1. The van der Waals surface area contributed by atoms with Gasteiger partial charge < -0.3 is 25.0 Å². The zero-order valence-corrected chi connectivity index (χ0v) is 25.5. The molecular weight excluding hydrogens is 599 g/mol. The van der Waals surface area contributed by atoms with Gasteiger partial charge in [0.15, 0.2) is 6.29 Å². The first-order valence-corrected chi connectivity index (χ1v) is 15.2. The molecule has 0 radical (unpaired) electrons. The third kappa shape index (κ3) is 7.65. The van der Waals surface area contributed by atoms with Crippen LogP contribution >= 0.6 is 34.8 Å². The first kappa shape index (κ1) is 31.2. The number of β-amino-alcohol motifs (C(OH)–C–C–N with tert-alkyl or cyclic N) is 1. The molecule has 2 aliphatic rings. The van der Waals surface area contributed by atoms with Crippen LogP contribution in [0.2, 0.25) is 0 Å². The average Bonchev–Trinajstić information content (AvgIpc) is 3.41. The maximum absolute atomic E-state index is 11.9. The van der Waals surface area contributed by atoms with Gasteiger partial charge in [0.05, 0.1) is 24.9 Å². The summed E-state index contributed by atoms with van der Waals surface area (Å²) in [6, 6.07) is 23.7. The molecule has 3 aromatic rings. The van der Waals surface area contributed by atoms with Crippen molar-refractivity contribution in [2.45, 2.75) is 54.9 Å². The van der Waals surface area contributed by atoms with Crippen molar-refractivity contribution < 1.29 is 24.5 Å². The maximum Gasteiger partial charge on any atom is 0.272 e. The van der Waals surface area contributed by atoms with E-state index in [-0.39, 0.29) is 37.4 Å². The summed E-state index contributed by atoms with van der Waals surface area (Å²) in [5.41, 5.74) is 5.64. The van der Waals surface area contributed by atoms with Crippen molar-refractivity contribution in [1.82, 2.24) is 10.2 Å². The van der Waals surface area contributed by atoms with Gasteiger partial charge in [-0.2, -0.15) is 0 Å². The molecule has 0 spiro atoms. The van der Waals surface area contributed by atoms with Crippen molar-refractivity contribution in [3.63, 3.8) is 0 Å². The van der Waals surface area contributed by atoms with E-state index < -0.39 is 16.0 Å². The van der Waals surface area contributed by atoms with Crippen LogP contribution < -0.4 is 5.32 Å². The number of alkyl halides is 3. The monoisotopic (exact) mass is 632 g/mol. The summed E-state index contributed by atoms with van der Waals surface area (Å²) in [6.45, 7) is 4.57. The van der Waals surface area contributed by atoms with E-state index in [4.69, 9.17) is 44.3 Å². The Hall–Kier alpha value is -2.20. The van der Waals surface area contributed by atoms with Crippen LogP contribution in [0.3, 0.4) is 0 Å². The van der Waals surface area contributed by atoms with E-state index in [2.05, 4.69) is 17.1 Å². The van der Waals surface area contributed by atoms with Crippen LogP contribution in [0.15, 0.2) is 72.8 Å². The van der Waals surface area contributed by atoms with E-state index in [0.717, 1.165) is 46.3 Å². The molecule has 2 aliphatic heterocycles. The third-order valence-electron chi connectivity index (χ3n) is 7.96. The van der Waals surface area contributed by atoms with Gasteiger partial charge in [-0.15, -0.1) is 0 Å². The Bertz CT molecular complexity index is 1350. The van der Waals surface area contributed by atoms with E-state index >= 15 is 0 Å². The maximum atomic E-state index is 11.9. The lowest BCUT2D eigenvalue weighted by Crippen LogP contribution is -2.44. The van der Waals surface area contributed by atoms with Gasteiger partial charge in [-0.3, -0.25) is 9.69 Å². The van der Waals surface area contributed by atoms with Gasteiger partial charge in [-0.05, 0) is 40.3 Å². The van der Waals surface area contributed by atoms with Crippen molar-refractivity contribution >= 4 is 40.7 Å². The lowest BCUT2D eigenvalue weighted by molar-refractivity contribution is -0.276. The molecule has 3 aromatic carbocycles. The highest BCUT2D eigenvalue weighted by Crippen LogP contribution is 2.42. The zero-order valence-electron chi connectivity index (χ0n) is 23.3. The summed E-state index contributed by atoms with van der Waals surface area (Å²) in [5, 5.41) is 22.2. The van der Waals surface area contributed by atoms with Crippen molar-refractivity contribution in [3.05, 3.63) is 95.1 Å². The lowest BCUT2D eigenvalue weighted by Gasteiger charge is -2.42. The van der Waals surface area contributed by atoms with Crippen LogP contribution in [0, 0.1) is 5.92 Å². The molecule has 2 fully saturated rings. The zero-order chi connectivity index (χ0) is 29.9. The number of aliphatic hydroxyl groups excluding tert-OH is 2. The van der Waals surface area contributed by atoms with E-state index in [0.29, 0.717) is 13.1 Å².